The Morgan fingerprint density at radius 1 is 1.00 bits per heavy atom. The Morgan fingerprint density at radius 3 is 2.31 bits per heavy atom. The smallest absolute Gasteiger partial charge is 0.269 e. The molecule has 1 unspecified atom stereocenters. The lowest BCUT2D eigenvalue weighted by atomic mass is 10.0. The van der Waals surface area contributed by atoms with Crippen LogP contribution in [-0.4, -0.2) is 17.1 Å². The van der Waals surface area contributed by atoms with Gasteiger partial charge < -0.3 is 5.32 Å². The SMILES string of the molecule is CCc1ccc(N2C(=O)C(Cc3ccc(C)c(C)c3)S/C2=C(/C#N)C(=O)Nc2ccccc2)cc1. The molecule has 5 nitrogen and oxygen atoms in total. The third-order valence-electron chi connectivity index (χ3n) is 6.13. The Labute approximate surface area is 210 Å². The van der Waals surface area contributed by atoms with Crippen molar-refractivity contribution in [3.8, 4) is 6.07 Å². The van der Waals surface area contributed by atoms with Crippen molar-refractivity contribution in [3.63, 3.8) is 0 Å². The number of para-hydroxylation sites is 1. The van der Waals surface area contributed by atoms with Crippen molar-refractivity contribution in [2.24, 2.45) is 0 Å². The van der Waals surface area contributed by atoms with Crippen LogP contribution in [0.25, 0.3) is 0 Å². The van der Waals surface area contributed by atoms with Crippen LogP contribution >= 0.6 is 11.8 Å². The van der Waals surface area contributed by atoms with Gasteiger partial charge in [0.05, 0.1) is 5.25 Å². The average Bonchev–Trinajstić information content (AvgIpc) is 3.17. The molecule has 1 atom stereocenters. The van der Waals surface area contributed by atoms with Crippen molar-refractivity contribution < 1.29 is 9.59 Å². The van der Waals surface area contributed by atoms with Crippen LogP contribution in [0.5, 0.6) is 0 Å². The van der Waals surface area contributed by atoms with E-state index in [1.165, 1.54) is 27.8 Å². The maximum absolute atomic E-state index is 13.7. The highest BCUT2D eigenvalue weighted by Crippen LogP contribution is 2.42. The highest BCUT2D eigenvalue weighted by Gasteiger charge is 2.40. The van der Waals surface area contributed by atoms with Crippen LogP contribution in [0, 0.1) is 25.2 Å². The first kappa shape index (κ1) is 24.3. The van der Waals surface area contributed by atoms with Crippen LogP contribution in [0.3, 0.4) is 0 Å². The number of aryl methyl sites for hydroxylation is 3. The summed E-state index contributed by atoms with van der Waals surface area (Å²) in [5.74, 6) is -0.663. The molecule has 0 saturated carbocycles. The predicted octanol–water partition coefficient (Wildman–Crippen LogP) is 5.93. The maximum Gasteiger partial charge on any atom is 0.269 e. The van der Waals surface area contributed by atoms with Crippen LogP contribution in [0.1, 0.15) is 29.2 Å². The molecule has 0 aliphatic carbocycles. The first-order valence-electron chi connectivity index (χ1n) is 11.6. The van der Waals surface area contributed by atoms with Gasteiger partial charge in [0.2, 0.25) is 5.91 Å². The molecule has 1 N–H and O–H groups in total. The fraction of sp³-hybridized carbons (Fsp3) is 0.207. The van der Waals surface area contributed by atoms with Crippen LogP contribution in [0.2, 0.25) is 0 Å². The molecule has 3 aromatic carbocycles. The third kappa shape index (κ3) is 5.31. The molecule has 2 amide bonds. The summed E-state index contributed by atoms with van der Waals surface area (Å²) in [6, 6.07) is 24.9. The van der Waals surface area contributed by atoms with Crippen molar-refractivity contribution >= 4 is 35.0 Å². The Hall–Kier alpha value is -3.82. The number of amides is 2. The quantitative estimate of drug-likeness (QED) is 0.350. The van der Waals surface area contributed by atoms with Gasteiger partial charge in [-0.25, -0.2) is 0 Å². The van der Waals surface area contributed by atoms with Crippen molar-refractivity contribution in [2.45, 2.75) is 38.9 Å². The lowest BCUT2D eigenvalue weighted by Gasteiger charge is -2.19. The number of nitriles is 1. The standard InChI is InChI=1S/C29H27N3O2S/c1-4-21-12-14-24(15-13-21)32-28(34)26(17-22-11-10-19(2)20(3)16-22)35-29(32)25(18-30)27(33)31-23-8-6-5-7-9-23/h5-16,26H,4,17H2,1-3H3,(H,31,33)/b29-25-. The number of anilines is 2. The Kier molecular flexibility index (Phi) is 7.38. The largest absolute Gasteiger partial charge is 0.321 e. The summed E-state index contributed by atoms with van der Waals surface area (Å²) in [5, 5.41) is 12.7. The van der Waals surface area contributed by atoms with Gasteiger partial charge in [0.15, 0.2) is 0 Å². The molecule has 1 fully saturated rings. The number of hydrogen-bond acceptors (Lipinski definition) is 4. The molecule has 3 aromatic rings. The average molecular weight is 482 g/mol. The second-order valence-corrected chi connectivity index (χ2v) is 9.73. The fourth-order valence-corrected chi connectivity index (χ4v) is 5.27. The van der Waals surface area contributed by atoms with Crippen LogP contribution in [0.4, 0.5) is 11.4 Å². The minimum atomic E-state index is -0.531. The first-order valence-corrected chi connectivity index (χ1v) is 12.5. The Morgan fingerprint density at radius 2 is 1.69 bits per heavy atom. The van der Waals surface area contributed by atoms with E-state index in [-0.39, 0.29) is 11.5 Å². The molecule has 1 saturated heterocycles. The van der Waals surface area contributed by atoms with Gasteiger partial charge in [0, 0.05) is 11.4 Å². The Bertz CT molecular complexity index is 1320. The molecule has 0 aromatic heterocycles. The number of thioether (sulfide) groups is 1. The molecular formula is C29H27N3O2S. The van der Waals surface area contributed by atoms with Crippen molar-refractivity contribution in [1.29, 1.82) is 5.26 Å². The molecule has 176 valence electrons. The zero-order valence-electron chi connectivity index (χ0n) is 20.0. The number of nitrogens with zero attached hydrogens (tertiary/aromatic N) is 2. The van der Waals surface area contributed by atoms with Gasteiger partial charge in [-0.15, -0.1) is 0 Å². The van der Waals surface area contributed by atoms with E-state index in [4.69, 9.17) is 0 Å². The molecule has 4 rings (SSSR count). The third-order valence-corrected chi connectivity index (χ3v) is 7.40. The zero-order chi connectivity index (χ0) is 24.9. The molecule has 1 aliphatic heterocycles. The summed E-state index contributed by atoms with van der Waals surface area (Å²) < 4.78 is 0. The summed E-state index contributed by atoms with van der Waals surface area (Å²) in [7, 11) is 0. The van der Waals surface area contributed by atoms with Crippen molar-refractivity contribution in [2.75, 3.05) is 10.2 Å². The van der Waals surface area contributed by atoms with Gasteiger partial charge in [-0.05, 0) is 73.2 Å². The molecule has 1 aliphatic rings. The fourth-order valence-electron chi connectivity index (χ4n) is 3.96. The van der Waals surface area contributed by atoms with Crippen molar-refractivity contribution in [1.82, 2.24) is 0 Å². The van der Waals surface area contributed by atoms with Crippen molar-refractivity contribution in [3.05, 3.63) is 106 Å². The highest BCUT2D eigenvalue weighted by atomic mass is 32.2. The van der Waals surface area contributed by atoms with Crippen LogP contribution in [-0.2, 0) is 22.4 Å². The molecule has 35 heavy (non-hydrogen) atoms. The predicted molar refractivity (Wildman–Crippen MR) is 142 cm³/mol. The number of carbonyl (C=O) groups is 2. The number of carbonyl (C=O) groups excluding carboxylic acids is 2. The summed E-state index contributed by atoms with van der Waals surface area (Å²) in [6.07, 6.45) is 1.39. The van der Waals surface area contributed by atoms with E-state index >= 15 is 0 Å². The van der Waals surface area contributed by atoms with Gasteiger partial charge in [-0.2, -0.15) is 5.26 Å². The summed E-state index contributed by atoms with van der Waals surface area (Å²) in [4.78, 5) is 28.3. The van der Waals surface area contributed by atoms with E-state index in [0.29, 0.717) is 22.8 Å². The molecule has 1 heterocycles. The molecular weight excluding hydrogens is 454 g/mol. The van der Waals surface area contributed by atoms with E-state index < -0.39 is 11.2 Å². The molecule has 0 bridgehead atoms. The summed E-state index contributed by atoms with van der Waals surface area (Å²) in [6.45, 7) is 6.18. The van der Waals surface area contributed by atoms with Gasteiger partial charge in [-0.1, -0.05) is 67.2 Å². The highest BCUT2D eigenvalue weighted by molar-refractivity contribution is 8.05. The maximum atomic E-state index is 13.7. The van der Waals surface area contributed by atoms with Crippen LogP contribution < -0.4 is 10.2 Å². The zero-order valence-corrected chi connectivity index (χ0v) is 20.9. The summed E-state index contributed by atoms with van der Waals surface area (Å²) >= 11 is 1.28. The Balaban J connectivity index is 1.73. The monoisotopic (exact) mass is 481 g/mol. The molecule has 0 spiro atoms. The van der Waals surface area contributed by atoms with Crippen LogP contribution in [0.15, 0.2) is 83.4 Å². The minimum absolute atomic E-state index is 0.0747. The molecule has 6 heteroatoms. The summed E-state index contributed by atoms with van der Waals surface area (Å²) in [5.41, 5.74) is 5.72. The van der Waals surface area contributed by atoms with E-state index in [1.54, 1.807) is 12.1 Å². The van der Waals surface area contributed by atoms with Gasteiger partial charge in [0.25, 0.3) is 5.91 Å². The normalized spacial score (nSPS) is 16.7. The lowest BCUT2D eigenvalue weighted by Crippen LogP contribution is -2.31. The lowest BCUT2D eigenvalue weighted by molar-refractivity contribution is -0.117. The number of hydrogen-bond donors (Lipinski definition) is 1. The van der Waals surface area contributed by atoms with Gasteiger partial charge in [-0.3, -0.25) is 14.5 Å². The first-order chi connectivity index (χ1) is 16.9. The van der Waals surface area contributed by atoms with Gasteiger partial charge in [0.1, 0.15) is 16.7 Å². The number of rotatable bonds is 6. The molecule has 0 radical (unpaired) electrons. The number of nitrogens with one attached hydrogen (secondary N) is 1. The number of benzene rings is 3. The van der Waals surface area contributed by atoms with E-state index in [1.807, 2.05) is 48.5 Å². The van der Waals surface area contributed by atoms with Gasteiger partial charge >= 0.3 is 0 Å². The minimum Gasteiger partial charge on any atom is -0.321 e. The second kappa shape index (κ2) is 10.6. The van der Waals surface area contributed by atoms with E-state index in [2.05, 4.69) is 44.3 Å². The van der Waals surface area contributed by atoms with E-state index in [0.717, 1.165) is 17.5 Å². The van der Waals surface area contributed by atoms with E-state index in [9.17, 15) is 14.9 Å². The second-order valence-electron chi connectivity index (χ2n) is 8.53. The topological polar surface area (TPSA) is 73.2 Å².